The highest BCUT2D eigenvalue weighted by Gasteiger charge is 2.22. The molecule has 0 atom stereocenters. The van der Waals surface area contributed by atoms with Crippen LogP contribution in [0.15, 0.2) is 24.4 Å². The molecule has 1 N–H and O–H groups in total. The van der Waals surface area contributed by atoms with Crippen LogP contribution in [0.3, 0.4) is 0 Å². The van der Waals surface area contributed by atoms with E-state index in [9.17, 15) is 4.79 Å². The standard InChI is InChI=1S/C22H33N5O/c1-7-25-10-12-26(13-11-25)18-8-9-20(16(2)14-18)24-21(28)19-15-23-27(17(19)3)22(4,5)6/h8-9,14-15H,7,10-13H2,1-6H3,(H,24,28). The van der Waals surface area contributed by atoms with Crippen LogP contribution in [-0.4, -0.2) is 53.3 Å². The average Bonchev–Trinajstić information content (AvgIpc) is 3.05. The number of anilines is 2. The van der Waals surface area contributed by atoms with E-state index >= 15 is 0 Å². The van der Waals surface area contributed by atoms with Crippen molar-refractivity contribution >= 4 is 17.3 Å². The third-order valence-corrected chi connectivity index (χ3v) is 5.53. The average molecular weight is 384 g/mol. The summed E-state index contributed by atoms with van der Waals surface area (Å²) in [5.41, 5.74) is 4.50. The van der Waals surface area contributed by atoms with E-state index in [1.807, 2.05) is 24.6 Å². The van der Waals surface area contributed by atoms with E-state index in [1.54, 1.807) is 6.20 Å². The van der Waals surface area contributed by atoms with Crippen LogP contribution in [0.2, 0.25) is 0 Å². The highest BCUT2D eigenvalue weighted by atomic mass is 16.1. The molecule has 2 heterocycles. The van der Waals surface area contributed by atoms with Crippen LogP contribution < -0.4 is 10.2 Å². The first-order valence-corrected chi connectivity index (χ1v) is 10.1. The van der Waals surface area contributed by atoms with Crippen molar-refractivity contribution in [2.75, 3.05) is 42.9 Å². The van der Waals surface area contributed by atoms with Crippen molar-refractivity contribution in [1.29, 1.82) is 0 Å². The number of hydrogen-bond acceptors (Lipinski definition) is 4. The minimum atomic E-state index is -0.151. The quantitative estimate of drug-likeness (QED) is 0.876. The van der Waals surface area contributed by atoms with Crippen LogP contribution in [0, 0.1) is 13.8 Å². The van der Waals surface area contributed by atoms with Crippen LogP contribution in [0.5, 0.6) is 0 Å². The number of hydrogen-bond donors (Lipinski definition) is 1. The summed E-state index contributed by atoms with van der Waals surface area (Å²) in [4.78, 5) is 17.7. The third kappa shape index (κ3) is 4.22. The molecule has 2 aromatic rings. The number of nitrogens with one attached hydrogen (secondary N) is 1. The summed E-state index contributed by atoms with van der Waals surface area (Å²) >= 11 is 0. The number of carbonyl (C=O) groups excluding carboxylic acids is 1. The minimum Gasteiger partial charge on any atom is -0.369 e. The molecule has 1 amide bonds. The fraction of sp³-hybridized carbons (Fsp3) is 0.545. The van der Waals surface area contributed by atoms with Crippen LogP contribution in [0.1, 0.15) is 49.3 Å². The summed E-state index contributed by atoms with van der Waals surface area (Å²) in [6.45, 7) is 17.9. The molecule has 0 radical (unpaired) electrons. The van der Waals surface area contributed by atoms with Gasteiger partial charge in [0.15, 0.2) is 0 Å². The van der Waals surface area contributed by atoms with E-state index in [0.717, 1.165) is 49.7 Å². The first kappa shape index (κ1) is 20.4. The summed E-state index contributed by atoms with van der Waals surface area (Å²) in [6, 6.07) is 6.29. The maximum atomic E-state index is 12.8. The molecular weight excluding hydrogens is 350 g/mol. The molecule has 1 aromatic heterocycles. The SMILES string of the molecule is CCN1CCN(c2ccc(NC(=O)c3cnn(C(C)(C)C)c3C)c(C)c2)CC1. The lowest BCUT2D eigenvalue weighted by Gasteiger charge is -2.35. The van der Waals surface area contributed by atoms with Crippen molar-refractivity contribution < 1.29 is 4.79 Å². The van der Waals surface area contributed by atoms with E-state index < -0.39 is 0 Å². The smallest absolute Gasteiger partial charge is 0.259 e. The Labute approximate surface area is 168 Å². The van der Waals surface area contributed by atoms with Gasteiger partial charge in [0.25, 0.3) is 5.91 Å². The fourth-order valence-corrected chi connectivity index (χ4v) is 3.81. The molecule has 1 aliphatic rings. The topological polar surface area (TPSA) is 53.4 Å². The lowest BCUT2D eigenvalue weighted by atomic mass is 10.1. The van der Waals surface area contributed by atoms with Crippen molar-refractivity contribution in [3.63, 3.8) is 0 Å². The number of rotatable bonds is 4. The zero-order valence-corrected chi connectivity index (χ0v) is 18.0. The Morgan fingerprint density at radius 3 is 2.36 bits per heavy atom. The highest BCUT2D eigenvalue weighted by molar-refractivity contribution is 6.05. The summed E-state index contributed by atoms with van der Waals surface area (Å²) in [6.07, 6.45) is 1.66. The Morgan fingerprint density at radius 1 is 1.14 bits per heavy atom. The van der Waals surface area contributed by atoms with Gasteiger partial charge in [-0.15, -0.1) is 0 Å². The maximum Gasteiger partial charge on any atom is 0.259 e. The molecule has 0 unspecified atom stereocenters. The molecule has 1 aliphatic heterocycles. The molecule has 6 nitrogen and oxygen atoms in total. The van der Waals surface area contributed by atoms with Crippen molar-refractivity contribution in [2.45, 2.75) is 47.1 Å². The van der Waals surface area contributed by atoms with E-state index in [1.165, 1.54) is 5.69 Å². The van der Waals surface area contributed by atoms with Crippen LogP contribution in [0.4, 0.5) is 11.4 Å². The molecule has 152 valence electrons. The maximum absolute atomic E-state index is 12.8. The Hall–Kier alpha value is -2.34. The highest BCUT2D eigenvalue weighted by Crippen LogP contribution is 2.25. The molecule has 0 aliphatic carbocycles. The van der Waals surface area contributed by atoms with E-state index in [4.69, 9.17) is 0 Å². The number of nitrogens with zero attached hydrogens (tertiary/aromatic N) is 4. The van der Waals surface area contributed by atoms with Gasteiger partial charge in [-0.25, -0.2) is 0 Å². The Morgan fingerprint density at radius 2 is 1.82 bits per heavy atom. The van der Waals surface area contributed by atoms with E-state index in [0.29, 0.717) is 5.56 Å². The number of carbonyl (C=O) groups is 1. The van der Waals surface area contributed by atoms with Gasteiger partial charge in [0, 0.05) is 43.2 Å². The monoisotopic (exact) mass is 383 g/mol. The molecular formula is C22H33N5O. The number of piperazine rings is 1. The van der Waals surface area contributed by atoms with Gasteiger partial charge in [-0.05, 0) is 64.9 Å². The van der Waals surface area contributed by atoms with Gasteiger partial charge < -0.3 is 15.1 Å². The van der Waals surface area contributed by atoms with Crippen LogP contribution in [0.25, 0.3) is 0 Å². The van der Waals surface area contributed by atoms with Gasteiger partial charge in [0.05, 0.1) is 17.3 Å². The number of aryl methyl sites for hydroxylation is 1. The van der Waals surface area contributed by atoms with Crippen molar-refractivity contribution in [1.82, 2.24) is 14.7 Å². The van der Waals surface area contributed by atoms with Crippen molar-refractivity contribution in [3.05, 3.63) is 41.2 Å². The summed E-state index contributed by atoms with van der Waals surface area (Å²) in [5, 5.41) is 7.47. The number of benzene rings is 1. The van der Waals surface area contributed by atoms with Gasteiger partial charge in [-0.3, -0.25) is 9.48 Å². The molecule has 1 fully saturated rings. The predicted molar refractivity (Wildman–Crippen MR) is 115 cm³/mol. The summed E-state index contributed by atoms with van der Waals surface area (Å²) in [5.74, 6) is -0.111. The first-order chi connectivity index (χ1) is 13.2. The molecule has 28 heavy (non-hydrogen) atoms. The van der Waals surface area contributed by atoms with E-state index in [-0.39, 0.29) is 11.4 Å². The second kappa shape index (κ2) is 7.95. The molecule has 1 saturated heterocycles. The Bertz CT molecular complexity index is 841. The third-order valence-electron chi connectivity index (χ3n) is 5.53. The second-order valence-corrected chi connectivity index (χ2v) is 8.60. The number of aromatic nitrogens is 2. The summed E-state index contributed by atoms with van der Waals surface area (Å²) in [7, 11) is 0. The normalized spacial score (nSPS) is 15.7. The molecule has 0 spiro atoms. The number of amides is 1. The lowest BCUT2D eigenvalue weighted by molar-refractivity contribution is 0.102. The van der Waals surface area contributed by atoms with Crippen LogP contribution >= 0.6 is 0 Å². The Kier molecular flexibility index (Phi) is 5.79. The van der Waals surface area contributed by atoms with E-state index in [2.05, 4.69) is 60.0 Å². The number of likely N-dealkylation sites (N-methyl/N-ethyl adjacent to an activating group) is 1. The zero-order valence-electron chi connectivity index (χ0n) is 18.0. The van der Waals surface area contributed by atoms with Gasteiger partial charge in [0.1, 0.15) is 0 Å². The first-order valence-electron chi connectivity index (χ1n) is 10.1. The second-order valence-electron chi connectivity index (χ2n) is 8.60. The molecule has 0 bridgehead atoms. The fourth-order valence-electron chi connectivity index (χ4n) is 3.81. The van der Waals surface area contributed by atoms with Gasteiger partial charge >= 0.3 is 0 Å². The van der Waals surface area contributed by atoms with Gasteiger partial charge in [0.2, 0.25) is 0 Å². The van der Waals surface area contributed by atoms with Gasteiger partial charge in [-0.2, -0.15) is 5.10 Å². The van der Waals surface area contributed by atoms with Crippen LogP contribution in [-0.2, 0) is 5.54 Å². The van der Waals surface area contributed by atoms with Crippen molar-refractivity contribution in [2.24, 2.45) is 0 Å². The minimum absolute atomic E-state index is 0.111. The molecule has 0 saturated carbocycles. The Balaban J connectivity index is 1.72. The molecule has 1 aromatic carbocycles. The molecule has 6 heteroatoms. The zero-order chi connectivity index (χ0) is 20.5. The predicted octanol–water partition coefficient (Wildman–Crippen LogP) is 3.65. The van der Waals surface area contributed by atoms with Crippen molar-refractivity contribution in [3.8, 4) is 0 Å². The molecule has 3 rings (SSSR count). The lowest BCUT2D eigenvalue weighted by Crippen LogP contribution is -2.46. The largest absolute Gasteiger partial charge is 0.369 e. The van der Waals surface area contributed by atoms with Gasteiger partial charge in [-0.1, -0.05) is 6.92 Å². The summed E-state index contributed by atoms with van der Waals surface area (Å²) < 4.78 is 1.90.